The molecule has 0 fully saturated rings. The number of aromatic nitrogens is 4. The highest BCUT2D eigenvalue weighted by molar-refractivity contribution is 7.99. The summed E-state index contributed by atoms with van der Waals surface area (Å²) in [5.41, 5.74) is 0. The minimum Gasteiger partial charge on any atom is -0.480 e. The third-order valence-electron chi connectivity index (χ3n) is 1.53. The van der Waals surface area contributed by atoms with Crippen molar-refractivity contribution in [3.63, 3.8) is 0 Å². The Hall–Kier alpha value is -1.36. The summed E-state index contributed by atoms with van der Waals surface area (Å²) < 4.78 is 36.7. The zero-order valence-corrected chi connectivity index (χ0v) is 8.94. The second kappa shape index (κ2) is 5.31. The Balaban J connectivity index is 2.58. The number of halogens is 3. The molecular formula is C6H7F3N4O3S. The average Bonchev–Trinajstić information content (AvgIpc) is 2.59. The molecule has 1 unspecified atom stereocenters. The Kier molecular flexibility index (Phi) is 4.28. The molecular weight excluding hydrogens is 265 g/mol. The molecule has 2 N–H and O–H groups in total. The van der Waals surface area contributed by atoms with Crippen molar-refractivity contribution in [2.75, 3.05) is 5.75 Å². The maximum absolute atomic E-state index is 12.0. The molecule has 0 aliphatic rings. The highest BCUT2D eigenvalue weighted by Crippen LogP contribution is 2.25. The lowest BCUT2D eigenvalue weighted by atomic mass is 10.4. The van der Waals surface area contributed by atoms with Gasteiger partial charge in [0.25, 0.3) is 0 Å². The molecule has 1 heterocycles. The van der Waals surface area contributed by atoms with E-state index in [2.05, 4.69) is 15.5 Å². The molecule has 0 aliphatic heterocycles. The molecule has 96 valence electrons. The van der Waals surface area contributed by atoms with Gasteiger partial charge in [0.1, 0.15) is 6.54 Å². The number of tetrazole rings is 1. The Morgan fingerprint density at radius 2 is 2.18 bits per heavy atom. The topological polar surface area (TPSA) is 101 Å². The van der Waals surface area contributed by atoms with Crippen LogP contribution in [0.5, 0.6) is 0 Å². The molecule has 1 aromatic heterocycles. The summed E-state index contributed by atoms with van der Waals surface area (Å²) in [6, 6.07) is 0. The number of alkyl halides is 3. The van der Waals surface area contributed by atoms with Crippen LogP contribution in [0, 0.1) is 0 Å². The number of carbonyl (C=O) groups is 1. The van der Waals surface area contributed by atoms with Crippen LogP contribution in [0.4, 0.5) is 13.2 Å². The van der Waals surface area contributed by atoms with Gasteiger partial charge in [-0.1, -0.05) is 11.8 Å². The maximum Gasteiger partial charge on any atom is 0.415 e. The van der Waals surface area contributed by atoms with Crippen LogP contribution >= 0.6 is 11.8 Å². The van der Waals surface area contributed by atoms with E-state index in [0.29, 0.717) is 11.8 Å². The summed E-state index contributed by atoms with van der Waals surface area (Å²) in [5.74, 6) is -1.93. The Morgan fingerprint density at radius 1 is 1.53 bits per heavy atom. The number of thioether (sulfide) groups is 1. The number of hydrogen-bond donors (Lipinski definition) is 2. The standard InChI is InChI=1S/C6H7F3N4O3S/c7-6(8,9)3(14)2-17-5-10-11-12-13(5)1-4(15)16/h3,14H,1-2H2,(H,15,16). The zero-order valence-electron chi connectivity index (χ0n) is 8.13. The fraction of sp³-hybridized carbons (Fsp3) is 0.667. The number of aliphatic hydroxyl groups is 1. The van der Waals surface area contributed by atoms with Crippen molar-refractivity contribution in [3.8, 4) is 0 Å². The summed E-state index contributed by atoms with van der Waals surface area (Å²) in [5, 5.41) is 26.8. The first-order valence-corrected chi connectivity index (χ1v) is 5.15. The van der Waals surface area contributed by atoms with Gasteiger partial charge in [-0.15, -0.1) is 5.10 Å². The number of aliphatic carboxylic acids is 1. The van der Waals surface area contributed by atoms with Crippen molar-refractivity contribution < 1.29 is 28.2 Å². The van der Waals surface area contributed by atoms with Gasteiger partial charge in [-0.25, -0.2) is 4.68 Å². The molecule has 17 heavy (non-hydrogen) atoms. The first kappa shape index (κ1) is 13.7. The van der Waals surface area contributed by atoms with Gasteiger partial charge in [0, 0.05) is 5.75 Å². The molecule has 0 aliphatic carbocycles. The van der Waals surface area contributed by atoms with Crippen LogP contribution in [0.3, 0.4) is 0 Å². The predicted molar refractivity (Wildman–Crippen MR) is 48.2 cm³/mol. The van der Waals surface area contributed by atoms with E-state index in [-0.39, 0.29) is 5.16 Å². The molecule has 0 spiro atoms. The van der Waals surface area contributed by atoms with E-state index in [1.165, 1.54) is 0 Å². The second-order valence-corrected chi connectivity index (χ2v) is 3.87. The smallest absolute Gasteiger partial charge is 0.415 e. The Labute approximate surface area is 96.6 Å². The van der Waals surface area contributed by atoms with Crippen molar-refractivity contribution in [2.45, 2.75) is 24.0 Å². The quantitative estimate of drug-likeness (QED) is 0.714. The maximum atomic E-state index is 12.0. The van der Waals surface area contributed by atoms with Gasteiger partial charge in [0.2, 0.25) is 5.16 Å². The normalized spacial score (nSPS) is 13.6. The molecule has 7 nitrogen and oxygen atoms in total. The highest BCUT2D eigenvalue weighted by Gasteiger charge is 2.38. The zero-order chi connectivity index (χ0) is 13.1. The van der Waals surface area contributed by atoms with E-state index in [1.54, 1.807) is 0 Å². The van der Waals surface area contributed by atoms with Crippen LogP contribution in [0.25, 0.3) is 0 Å². The van der Waals surface area contributed by atoms with E-state index in [9.17, 15) is 18.0 Å². The fourth-order valence-electron chi connectivity index (χ4n) is 0.775. The van der Waals surface area contributed by atoms with Crippen LogP contribution in [-0.4, -0.2) is 54.4 Å². The minimum atomic E-state index is -4.72. The number of nitrogens with zero attached hydrogens (tertiary/aromatic N) is 4. The Bertz CT molecular complexity index is 396. The lowest BCUT2D eigenvalue weighted by Gasteiger charge is -2.13. The first-order valence-electron chi connectivity index (χ1n) is 4.16. The van der Waals surface area contributed by atoms with Crippen molar-refractivity contribution >= 4 is 17.7 Å². The van der Waals surface area contributed by atoms with E-state index >= 15 is 0 Å². The average molecular weight is 272 g/mol. The molecule has 0 saturated heterocycles. The van der Waals surface area contributed by atoms with Gasteiger partial charge in [-0.05, 0) is 10.4 Å². The van der Waals surface area contributed by atoms with Gasteiger partial charge in [0.05, 0.1) is 0 Å². The van der Waals surface area contributed by atoms with Crippen LogP contribution in [0.1, 0.15) is 0 Å². The summed E-state index contributed by atoms with van der Waals surface area (Å²) in [6.45, 7) is -0.558. The summed E-state index contributed by atoms with van der Waals surface area (Å²) in [6.07, 6.45) is -7.24. The van der Waals surface area contributed by atoms with E-state index in [0.717, 1.165) is 4.68 Å². The number of hydrogen-bond acceptors (Lipinski definition) is 6. The fourth-order valence-corrected chi connectivity index (χ4v) is 1.62. The van der Waals surface area contributed by atoms with Gasteiger partial charge < -0.3 is 10.2 Å². The summed E-state index contributed by atoms with van der Waals surface area (Å²) >= 11 is 0.524. The van der Waals surface area contributed by atoms with Crippen LogP contribution in [-0.2, 0) is 11.3 Å². The van der Waals surface area contributed by atoms with Gasteiger partial charge in [-0.2, -0.15) is 13.2 Å². The number of aliphatic hydroxyl groups excluding tert-OH is 1. The van der Waals surface area contributed by atoms with Gasteiger partial charge in [-0.3, -0.25) is 4.79 Å². The Morgan fingerprint density at radius 3 is 2.71 bits per heavy atom. The van der Waals surface area contributed by atoms with E-state index in [4.69, 9.17) is 10.2 Å². The monoisotopic (exact) mass is 272 g/mol. The third kappa shape index (κ3) is 4.19. The largest absolute Gasteiger partial charge is 0.480 e. The van der Waals surface area contributed by atoms with Crippen LogP contribution < -0.4 is 0 Å². The lowest BCUT2D eigenvalue weighted by Crippen LogP contribution is -2.30. The molecule has 0 amide bonds. The first-order chi connectivity index (χ1) is 7.80. The van der Waals surface area contributed by atoms with Crippen molar-refractivity contribution in [1.29, 1.82) is 0 Å². The number of carboxylic acid groups (broad SMARTS) is 1. The molecule has 0 bridgehead atoms. The predicted octanol–water partition coefficient (Wildman–Crippen LogP) is -0.227. The summed E-state index contributed by atoms with van der Waals surface area (Å²) in [4.78, 5) is 10.4. The van der Waals surface area contributed by atoms with Crippen molar-refractivity contribution in [2.24, 2.45) is 0 Å². The number of rotatable bonds is 5. The van der Waals surface area contributed by atoms with Gasteiger partial charge >= 0.3 is 12.1 Å². The SMILES string of the molecule is O=C(O)Cn1nnnc1SCC(O)C(F)(F)F. The van der Waals surface area contributed by atoms with Crippen LogP contribution in [0.2, 0.25) is 0 Å². The third-order valence-corrected chi connectivity index (χ3v) is 2.57. The van der Waals surface area contributed by atoms with Crippen molar-refractivity contribution in [1.82, 2.24) is 20.2 Å². The number of carboxylic acids is 1. The van der Waals surface area contributed by atoms with Crippen LogP contribution in [0.15, 0.2) is 5.16 Å². The van der Waals surface area contributed by atoms with E-state index < -0.39 is 30.5 Å². The van der Waals surface area contributed by atoms with Crippen molar-refractivity contribution in [3.05, 3.63) is 0 Å². The molecule has 0 aromatic carbocycles. The molecule has 0 saturated carbocycles. The molecule has 0 radical (unpaired) electrons. The lowest BCUT2D eigenvalue weighted by molar-refractivity contribution is -0.195. The molecule has 11 heteroatoms. The molecule has 1 aromatic rings. The minimum absolute atomic E-state index is 0.101. The molecule has 1 rings (SSSR count). The second-order valence-electron chi connectivity index (χ2n) is 2.88. The molecule has 1 atom stereocenters. The summed E-state index contributed by atoms with van der Waals surface area (Å²) in [7, 11) is 0. The van der Waals surface area contributed by atoms with E-state index in [1.807, 2.05) is 0 Å². The highest BCUT2D eigenvalue weighted by atomic mass is 32.2. The van der Waals surface area contributed by atoms with Gasteiger partial charge in [0.15, 0.2) is 6.10 Å².